The molecule has 0 amide bonds. The van der Waals surface area contributed by atoms with Crippen molar-refractivity contribution in [3.63, 3.8) is 0 Å². The van der Waals surface area contributed by atoms with Crippen molar-refractivity contribution in [2.45, 2.75) is 70.2 Å². The van der Waals surface area contributed by atoms with Crippen LogP contribution in [-0.4, -0.2) is 34.2 Å². The summed E-state index contributed by atoms with van der Waals surface area (Å²) >= 11 is 0. The van der Waals surface area contributed by atoms with E-state index in [1.165, 1.54) is 25.7 Å². The minimum absolute atomic E-state index is 0.0603. The van der Waals surface area contributed by atoms with Crippen molar-refractivity contribution in [2.75, 3.05) is 0 Å². The van der Waals surface area contributed by atoms with E-state index in [0.29, 0.717) is 12.1 Å². The predicted molar refractivity (Wildman–Crippen MR) is 53.6 cm³/mol. The van der Waals surface area contributed by atoms with Gasteiger partial charge in [-0.3, -0.25) is 4.90 Å². The minimum atomic E-state index is -0.0603. The van der Waals surface area contributed by atoms with E-state index in [4.69, 9.17) is 0 Å². The highest BCUT2D eigenvalue weighted by atomic mass is 16.3. The van der Waals surface area contributed by atoms with E-state index in [0.717, 1.165) is 12.5 Å². The van der Waals surface area contributed by atoms with Crippen LogP contribution in [0.15, 0.2) is 0 Å². The Labute approximate surface area is 80.9 Å². The van der Waals surface area contributed by atoms with Crippen LogP contribution in [0.3, 0.4) is 0 Å². The lowest BCUT2D eigenvalue weighted by Crippen LogP contribution is -2.44. The first-order valence-corrected chi connectivity index (χ1v) is 5.65. The maximum Gasteiger partial charge on any atom is 0.0695 e. The van der Waals surface area contributed by atoms with Gasteiger partial charge in [0.15, 0.2) is 0 Å². The van der Waals surface area contributed by atoms with E-state index in [1.807, 2.05) is 0 Å². The number of hydrogen-bond acceptors (Lipinski definition) is 2. The zero-order chi connectivity index (χ0) is 9.42. The monoisotopic (exact) mass is 183 g/mol. The zero-order valence-corrected chi connectivity index (χ0v) is 8.74. The van der Waals surface area contributed by atoms with Crippen LogP contribution < -0.4 is 0 Å². The molecule has 0 aromatic heterocycles. The number of aliphatic hydroxyl groups excluding tert-OH is 1. The maximum atomic E-state index is 9.95. The average Bonchev–Trinajstić information content (AvgIpc) is 2.39. The first-order valence-electron chi connectivity index (χ1n) is 5.65. The van der Waals surface area contributed by atoms with Crippen LogP contribution in [0.4, 0.5) is 0 Å². The highest BCUT2D eigenvalue weighted by Gasteiger charge is 2.40. The highest BCUT2D eigenvalue weighted by molar-refractivity contribution is 4.95. The number of aliphatic hydroxyl groups is 1. The molecule has 0 radical (unpaired) electrons. The molecule has 2 aliphatic heterocycles. The number of nitrogens with zero attached hydrogens (tertiary/aromatic N) is 1. The molecular weight excluding hydrogens is 162 g/mol. The molecule has 2 fully saturated rings. The van der Waals surface area contributed by atoms with E-state index in [9.17, 15) is 5.11 Å². The van der Waals surface area contributed by atoms with Gasteiger partial charge in [0.05, 0.1) is 6.10 Å². The van der Waals surface area contributed by atoms with Crippen LogP contribution in [-0.2, 0) is 0 Å². The van der Waals surface area contributed by atoms with Gasteiger partial charge in [-0.2, -0.15) is 0 Å². The molecule has 0 aromatic rings. The topological polar surface area (TPSA) is 23.5 Å². The SMILES string of the molecule is CC(C)N1C2CCC[C@H](O)C1CC2. The minimum Gasteiger partial charge on any atom is -0.391 e. The van der Waals surface area contributed by atoms with E-state index < -0.39 is 0 Å². The maximum absolute atomic E-state index is 9.95. The van der Waals surface area contributed by atoms with Crippen LogP contribution in [0.25, 0.3) is 0 Å². The summed E-state index contributed by atoms with van der Waals surface area (Å²) in [5.74, 6) is 0. The fraction of sp³-hybridized carbons (Fsp3) is 1.00. The summed E-state index contributed by atoms with van der Waals surface area (Å²) in [5.41, 5.74) is 0. The van der Waals surface area contributed by atoms with Gasteiger partial charge in [-0.15, -0.1) is 0 Å². The highest BCUT2D eigenvalue weighted by Crippen LogP contribution is 2.35. The Morgan fingerprint density at radius 2 is 1.92 bits per heavy atom. The lowest BCUT2D eigenvalue weighted by atomic mass is 9.99. The molecule has 3 atom stereocenters. The summed E-state index contributed by atoms with van der Waals surface area (Å²) in [6, 6.07) is 1.83. The predicted octanol–water partition coefficient (Wildman–Crippen LogP) is 1.77. The van der Waals surface area contributed by atoms with E-state index in [2.05, 4.69) is 18.7 Å². The van der Waals surface area contributed by atoms with Crippen LogP contribution in [0.5, 0.6) is 0 Å². The van der Waals surface area contributed by atoms with Gasteiger partial charge in [0.25, 0.3) is 0 Å². The Balaban J connectivity index is 2.15. The zero-order valence-electron chi connectivity index (χ0n) is 8.74. The van der Waals surface area contributed by atoms with Crippen LogP contribution in [0, 0.1) is 0 Å². The Kier molecular flexibility index (Phi) is 2.61. The first kappa shape index (κ1) is 9.47. The third kappa shape index (κ3) is 1.62. The summed E-state index contributed by atoms with van der Waals surface area (Å²) < 4.78 is 0. The molecule has 2 heteroatoms. The molecule has 2 nitrogen and oxygen atoms in total. The van der Waals surface area contributed by atoms with E-state index in [1.54, 1.807) is 0 Å². The van der Waals surface area contributed by atoms with Crippen molar-refractivity contribution < 1.29 is 5.11 Å². The first-order chi connectivity index (χ1) is 6.20. The van der Waals surface area contributed by atoms with Crippen molar-refractivity contribution in [2.24, 2.45) is 0 Å². The number of rotatable bonds is 1. The second kappa shape index (κ2) is 3.58. The fourth-order valence-electron chi connectivity index (χ4n) is 3.18. The molecular formula is C11H21NO. The molecule has 13 heavy (non-hydrogen) atoms. The van der Waals surface area contributed by atoms with Crippen molar-refractivity contribution in [1.29, 1.82) is 0 Å². The van der Waals surface area contributed by atoms with Gasteiger partial charge in [-0.05, 0) is 46.0 Å². The van der Waals surface area contributed by atoms with E-state index in [-0.39, 0.29) is 6.10 Å². The molecule has 2 saturated heterocycles. The molecule has 0 aliphatic carbocycles. The number of fused-ring (bicyclic) bond motifs is 2. The van der Waals surface area contributed by atoms with Gasteiger partial charge in [0, 0.05) is 18.1 Å². The van der Waals surface area contributed by atoms with E-state index >= 15 is 0 Å². The molecule has 1 N–H and O–H groups in total. The molecule has 2 aliphatic rings. The summed E-state index contributed by atoms with van der Waals surface area (Å²) in [5, 5.41) is 9.95. The molecule has 2 bridgehead atoms. The Hall–Kier alpha value is -0.0800. The fourth-order valence-corrected chi connectivity index (χ4v) is 3.18. The molecule has 0 aromatic carbocycles. The third-order valence-electron chi connectivity index (χ3n) is 3.68. The lowest BCUT2D eigenvalue weighted by molar-refractivity contribution is 0.0494. The average molecular weight is 183 g/mol. The Bertz CT molecular complexity index is 181. The summed E-state index contributed by atoms with van der Waals surface area (Å²) in [7, 11) is 0. The van der Waals surface area contributed by atoms with Gasteiger partial charge >= 0.3 is 0 Å². The van der Waals surface area contributed by atoms with Crippen LogP contribution in [0.1, 0.15) is 46.0 Å². The molecule has 2 unspecified atom stereocenters. The standard InChI is InChI=1S/C11H21NO/c1-8(2)12-9-4-3-5-11(13)10(12)7-6-9/h8-11,13H,3-7H2,1-2H3/t9?,10?,11-/m0/s1. The molecule has 2 rings (SSSR count). The normalized spacial score (nSPS) is 41.1. The van der Waals surface area contributed by atoms with Gasteiger partial charge in [-0.25, -0.2) is 0 Å². The van der Waals surface area contributed by atoms with Crippen molar-refractivity contribution in [1.82, 2.24) is 4.90 Å². The Morgan fingerprint density at radius 1 is 1.15 bits per heavy atom. The second-order valence-corrected chi connectivity index (χ2v) is 4.84. The van der Waals surface area contributed by atoms with Crippen molar-refractivity contribution in [3.8, 4) is 0 Å². The molecule has 2 heterocycles. The Morgan fingerprint density at radius 3 is 2.62 bits per heavy atom. The van der Waals surface area contributed by atoms with Crippen molar-refractivity contribution >= 4 is 0 Å². The van der Waals surface area contributed by atoms with Gasteiger partial charge < -0.3 is 5.11 Å². The quantitative estimate of drug-likeness (QED) is 0.669. The van der Waals surface area contributed by atoms with Gasteiger partial charge in [0.1, 0.15) is 0 Å². The molecule has 0 saturated carbocycles. The van der Waals surface area contributed by atoms with Gasteiger partial charge in [0.2, 0.25) is 0 Å². The summed E-state index contributed by atoms with van der Waals surface area (Å²) in [6.07, 6.45) is 5.99. The smallest absolute Gasteiger partial charge is 0.0695 e. The second-order valence-electron chi connectivity index (χ2n) is 4.84. The molecule has 76 valence electrons. The van der Waals surface area contributed by atoms with Crippen LogP contribution >= 0.6 is 0 Å². The lowest BCUT2D eigenvalue weighted by Gasteiger charge is -2.33. The van der Waals surface area contributed by atoms with Crippen molar-refractivity contribution in [3.05, 3.63) is 0 Å². The summed E-state index contributed by atoms with van der Waals surface area (Å²) in [4.78, 5) is 2.55. The third-order valence-corrected chi connectivity index (χ3v) is 3.68. The summed E-state index contributed by atoms with van der Waals surface area (Å²) in [6.45, 7) is 4.51. The molecule has 0 spiro atoms. The number of hydrogen-bond donors (Lipinski definition) is 1. The van der Waals surface area contributed by atoms with Gasteiger partial charge in [-0.1, -0.05) is 0 Å². The van der Waals surface area contributed by atoms with Crippen LogP contribution in [0.2, 0.25) is 0 Å². The largest absolute Gasteiger partial charge is 0.391 e.